The molecule has 17 heavy (non-hydrogen) atoms. The highest BCUT2D eigenvalue weighted by atomic mass is 127. The number of hydrogen-bond donors (Lipinski definition) is 1. The van der Waals surface area contributed by atoms with Crippen LogP contribution in [0.3, 0.4) is 0 Å². The molecule has 1 aromatic carbocycles. The first-order chi connectivity index (χ1) is 7.88. The predicted molar refractivity (Wildman–Crippen MR) is 79.0 cm³/mol. The topological polar surface area (TPSA) is 46.2 Å². The van der Waals surface area contributed by atoms with Crippen molar-refractivity contribution in [1.29, 1.82) is 0 Å². The van der Waals surface area contributed by atoms with Gasteiger partial charge in [-0.15, -0.1) is 0 Å². The molecule has 5 heteroatoms. The molecule has 1 atom stereocenters. The molecule has 1 rings (SSSR count). The molecule has 1 unspecified atom stereocenters. The van der Waals surface area contributed by atoms with Crippen molar-refractivity contribution in [2.24, 2.45) is 5.92 Å². The minimum absolute atomic E-state index is 0.0276. The molecule has 0 fully saturated rings. The normalized spacial score (nSPS) is 13.9. The molecule has 0 aromatic heterocycles. The number of benzene rings is 1. The van der Waals surface area contributed by atoms with Gasteiger partial charge in [-0.2, -0.15) is 0 Å². The van der Waals surface area contributed by atoms with Crippen molar-refractivity contribution < 1.29 is 8.42 Å². The number of hydrogen-bond acceptors (Lipinski definition) is 2. The third-order valence-corrected chi connectivity index (χ3v) is 5.26. The lowest BCUT2D eigenvalue weighted by molar-refractivity contribution is 0.486. The van der Waals surface area contributed by atoms with Crippen molar-refractivity contribution in [2.75, 3.05) is 4.43 Å². The number of halogens is 1. The third-order valence-electron chi connectivity index (χ3n) is 2.66. The molecule has 1 aromatic rings. The van der Waals surface area contributed by atoms with E-state index in [0.29, 0.717) is 4.90 Å². The van der Waals surface area contributed by atoms with Crippen LogP contribution in [0.2, 0.25) is 0 Å². The molecule has 0 heterocycles. The summed E-state index contributed by atoms with van der Waals surface area (Å²) in [7, 11) is -3.40. The number of alkyl halides is 1. The first-order valence-electron chi connectivity index (χ1n) is 5.52. The minimum Gasteiger partial charge on any atom is -0.207 e. The largest absolute Gasteiger partial charge is 0.241 e. The van der Waals surface area contributed by atoms with Gasteiger partial charge in [-0.05, 0) is 24.5 Å². The summed E-state index contributed by atoms with van der Waals surface area (Å²) in [5, 5.41) is 0. The zero-order chi connectivity index (χ0) is 13.1. The van der Waals surface area contributed by atoms with Crippen molar-refractivity contribution >= 4 is 32.6 Å². The van der Waals surface area contributed by atoms with Gasteiger partial charge in [0.05, 0.1) is 4.90 Å². The summed E-state index contributed by atoms with van der Waals surface area (Å²) in [5.74, 6) is 0.283. The van der Waals surface area contributed by atoms with E-state index < -0.39 is 10.0 Å². The standard InChI is InChI=1S/C12H18INO2S/c1-9(2)11(8-13)14-17(15,16)12-7-5-4-6-10(12)3/h4-7,9,11,14H,8H2,1-3H3. The highest BCUT2D eigenvalue weighted by Gasteiger charge is 2.22. The van der Waals surface area contributed by atoms with Gasteiger partial charge in [0.15, 0.2) is 0 Å². The van der Waals surface area contributed by atoms with Crippen molar-refractivity contribution in [3.05, 3.63) is 29.8 Å². The van der Waals surface area contributed by atoms with E-state index in [2.05, 4.69) is 27.3 Å². The van der Waals surface area contributed by atoms with Gasteiger partial charge < -0.3 is 0 Å². The molecule has 0 aliphatic carbocycles. The van der Waals surface area contributed by atoms with Crippen molar-refractivity contribution in [3.63, 3.8) is 0 Å². The Kier molecular flexibility index (Phi) is 5.40. The van der Waals surface area contributed by atoms with E-state index >= 15 is 0 Å². The van der Waals surface area contributed by atoms with Gasteiger partial charge >= 0.3 is 0 Å². The summed E-state index contributed by atoms with van der Waals surface area (Å²) >= 11 is 2.21. The Balaban J connectivity index is 3.01. The molecule has 0 aliphatic rings. The Morgan fingerprint density at radius 3 is 2.35 bits per heavy atom. The molecule has 0 saturated heterocycles. The summed E-state index contributed by atoms with van der Waals surface area (Å²) in [5.41, 5.74) is 0.774. The Hall–Kier alpha value is -0.140. The minimum atomic E-state index is -3.40. The monoisotopic (exact) mass is 367 g/mol. The SMILES string of the molecule is Cc1ccccc1S(=O)(=O)NC(CI)C(C)C. The van der Waals surface area contributed by atoms with E-state index in [-0.39, 0.29) is 12.0 Å². The second kappa shape index (κ2) is 6.15. The van der Waals surface area contributed by atoms with E-state index in [4.69, 9.17) is 0 Å². The lowest BCUT2D eigenvalue weighted by Crippen LogP contribution is -2.39. The van der Waals surface area contributed by atoms with Crippen molar-refractivity contribution in [2.45, 2.75) is 31.7 Å². The van der Waals surface area contributed by atoms with Crippen LogP contribution < -0.4 is 4.72 Å². The molecule has 96 valence electrons. The van der Waals surface area contributed by atoms with Crippen LogP contribution in [-0.4, -0.2) is 18.9 Å². The molecule has 3 nitrogen and oxygen atoms in total. The van der Waals surface area contributed by atoms with Gasteiger partial charge in [-0.3, -0.25) is 0 Å². The summed E-state index contributed by atoms with van der Waals surface area (Å²) in [6.07, 6.45) is 0. The first kappa shape index (κ1) is 14.9. The van der Waals surface area contributed by atoms with E-state index in [1.807, 2.05) is 32.9 Å². The predicted octanol–water partition coefficient (Wildman–Crippen LogP) is 2.73. The Morgan fingerprint density at radius 2 is 1.88 bits per heavy atom. The quantitative estimate of drug-likeness (QED) is 0.643. The number of aryl methyl sites for hydroxylation is 1. The molecule has 1 N–H and O–H groups in total. The zero-order valence-electron chi connectivity index (χ0n) is 10.3. The Labute approximate surface area is 117 Å². The van der Waals surface area contributed by atoms with Gasteiger partial charge in [-0.1, -0.05) is 54.6 Å². The van der Waals surface area contributed by atoms with Crippen LogP contribution in [0.1, 0.15) is 19.4 Å². The molecule has 0 amide bonds. The van der Waals surface area contributed by atoms with Crippen LogP contribution in [0.4, 0.5) is 0 Å². The molecule has 0 radical (unpaired) electrons. The number of rotatable bonds is 5. The average Bonchev–Trinajstić information content (AvgIpc) is 2.26. The second-order valence-electron chi connectivity index (χ2n) is 4.39. The number of sulfonamides is 1. The van der Waals surface area contributed by atoms with E-state index in [1.165, 1.54) is 0 Å². The first-order valence-corrected chi connectivity index (χ1v) is 8.53. The van der Waals surface area contributed by atoms with Crippen LogP contribution in [0, 0.1) is 12.8 Å². The lowest BCUT2D eigenvalue weighted by atomic mass is 10.1. The van der Waals surface area contributed by atoms with Crippen LogP contribution >= 0.6 is 22.6 Å². The summed E-state index contributed by atoms with van der Waals surface area (Å²) in [4.78, 5) is 0.371. The summed E-state index contributed by atoms with van der Waals surface area (Å²) in [6, 6.07) is 7.01. The molecular weight excluding hydrogens is 349 g/mol. The fourth-order valence-electron chi connectivity index (χ4n) is 1.47. The van der Waals surface area contributed by atoms with Crippen molar-refractivity contribution in [1.82, 2.24) is 4.72 Å². The highest BCUT2D eigenvalue weighted by Crippen LogP contribution is 2.16. The number of nitrogens with one attached hydrogen (secondary N) is 1. The van der Waals surface area contributed by atoms with Gasteiger partial charge in [0.2, 0.25) is 10.0 Å². The van der Waals surface area contributed by atoms with Gasteiger partial charge in [0.1, 0.15) is 0 Å². The lowest BCUT2D eigenvalue weighted by Gasteiger charge is -2.20. The maximum absolute atomic E-state index is 12.2. The van der Waals surface area contributed by atoms with E-state index in [9.17, 15) is 8.42 Å². The van der Waals surface area contributed by atoms with Crippen LogP contribution in [0.15, 0.2) is 29.2 Å². The van der Waals surface area contributed by atoms with Crippen molar-refractivity contribution in [3.8, 4) is 0 Å². The molecular formula is C12H18INO2S. The van der Waals surface area contributed by atoms with Gasteiger partial charge in [-0.25, -0.2) is 13.1 Å². The van der Waals surface area contributed by atoms with Crippen LogP contribution in [0.25, 0.3) is 0 Å². The fraction of sp³-hybridized carbons (Fsp3) is 0.500. The smallest absolute Gasteiger partial charge is 0.207 e. The maximum atomic E-state index is 12.2. The Bertz CT molecular complexity index is 471. The van der Waals surface area contributed by atoms with Crippen LogP contribution in [0.5, 0.6) is 0 Å². The van der Waals surface area contributed by atoms with E-state index in [0.717, 1.165) is 9.99 Å². The molecule has 0 bridgehead atoms. The molecule has 0 aliphatic heterocycles. The third kappa shape index (κ3) is 3.93. The maximum Gasteiger partial charge on any atom is 0.241 e. The van der Waals surface area contributed by atoms with Gasteiger partial charge in [0.25, 0.3) is 0 Å². The average molecular weight is 367 g/mol. The zero-order valence-corrected chi connectivity index (χ0v) is 13.2. The molecule has 0 spiro atoms. The summed E-state index contributed by atoms with van der Waals surface area (Å²) < 4.78 is 28.0. The second-order valence-corrected chi connectivity index (χ2v) is 6.95. The Morgan fingerprint density at radius 1 is 1.29 bits per heavy atom. The van der Waals surface area contributed by atoms with Crippen LogP contribution in [-0.2, 0) is 10.0 Å². The highest BCUT2D eigenvalue weighted by molar-refractivity contribution is 14.1. The summed E-state index contributed by atoms with van der Waals surface area (Å²) in [6.45, 7) is 5.84. The fourth-order valence-corrected chi connectivity index (χ4v) is 4.63. The molecule has 0 saturated carbocycles. The van der Waals surface area contributed by atoms with E-state index in [1.54, 1.807) is 12.1 Å². The van der Waals surface area contributed by atoms with Gasteiger partial charge in [0, 0.05) is 10.5 Å².